The van der Waals surface area contributed by atoms with E-state index in [0.29, 0.717) is 22.7 Å². The van der Waals surface area contributed by atoms with Gasteiger partial charge in [0, 0.05) is 10.4 Å². The second kappa shape index (κ2) is 7.27. The van der Waals surface area contributed by atoms with Crippen LogP contribution in [0.2, 0.25) is 0 Å². The number of nitrogens with two attached hydrogens (primary N) is 1. The van der Waals surface area contributed by atoms with Crippen LogP contribution >= 0.6 is 11.3 Å². The van der Waals surface area contributed by atoms with E-state index in [1.165, 1.54) is 11.3 Å². The Labute approximate surface area is 150 Å². The second-order valence-electron chi connectivity index (χ2n) is 5.31. The summed E-state index contributed by atoms with van der Waals surface area (Å²) in [6, 6.07) is 16.4. The molecule has 2 aromatic carbocycles. The standard InChI is InChI=1S/C19H18N2O3S/c1-23-14-6-3-12(4-7-14)19(22)21-16-11-13(5-8-15(16)20)17-9-10-18(24-2)25-17/h3-11H,20H2,1-2H3,(H,21,22). The number of nitrogens with one attached hydrogen (secondary N) is 1. The van der Waals surface area contributed by atoms with Gasteiger partial charge in [-0.25, -0.2) is 0 Å². The maximum absolute atomic E-state index is 12.4. The lowest BCUT2D eigenvalue weighted by molar-refractivity contribution is 0.102. The van der Waals surface area contributed by atoms with Gasteiger partial charge in [-0.3, -0.25) is 4.79 Å². The minimum Gasteiger partial charge on any atom is -0.497 e. The first kappa shape index (κ1) is 16.9. The molecule has 0 atom stereocenters. The lowest BCUT2D eigenvalue weighted by atomic mass is 10.1. The van der Waals surface area contributed by atoms with E-state index in [9.17, 15) is 4.79 Å². The highest BCUT2D eigenvalue weighted by Gasteiger charge is 2.11. The van der Waals surface area contributed by atoms with Crippen molar-refractivity contribution < 1.29 is 14.3 Å². The molecule has 1 aromatic heterocycles. The van der Waals surface area contributed by atoms with Crippen molar-refractivity contribution in [1.82, 2.24) is 0 Å². The third kappa shape index (κ3) is 3.75. The predicted molar refractivity (Wildman–Crippen MR) is 102 cm³/mol. The molecule has 5 nitrogen and oxygen atoms in total. The third-order valence-electron chi connectivity index (χ3n) is 3.72. The summed E-state index contributed by atoms with van der Waals surface area (Å²) >= 11 is 1.53. The Morgan fingerprint density at radius 1 is 1.00 bits per heavy atom. The van der Waals surface area contributed by atoms with Crippen molar-refractivity contribution in [3.05, 3.63) is 60.2 Å². The van der Waals surface area contributed by atoms with Crippen LogP contribution in [0.3, 0.4) is 0 Å². The smallest absolute Gasteiger partial charge is 0.255 e. The van der Waals surface area contributed by atoms with Gasteiger partial charge in [0.25, 0.3) is 5.91 Å². The normalized spacial score (nSPS) is 10.3. The first-order valence-corrected chi connectivity index (χ1v) is 8.41. The molecule has 0 bridgehead atoms. The maximum atomic E-state index is 12.4. The van der Waals surface area contributed by atoms with E-state index in [0.717, 1.165) is 15.5 Å². The summed E-state index contributed by atoms with van der Waals surface area (Å²) in [6.07, 6.45) is 0. The van der Waals surface area contributed by atoms with Crippen molar-refractivity contribution in [2.24, 2.45) is 0 Å². The molecule has 128 valence electrons. The Bertz CT molecular complexity index is 888. The fourth-order valence-corrected chi connectivity index (χ4v) is 3.16. The van der Waals surface area contributed by atoms with Crippen molar-refractivity contribution in [1.29, 1.82) is 0 Å². The molecule has 25 heavy (non-hydrogen) atoms. The Kier molecular flexibility index (Phi) is 4.90. The minimum absolute atomic E-state index is 0.227. The fourth-order valence-electron chi connectivity index (χ4n) is 2.34. The number of ether oxygens (including phenoxy) is 2. The van der Waals surface area contributed by atoms with Gasteiger partial charge < -0.3 is 20.5 Å². The molecule has 3 rings (SSSR count). The number of carbonyl (C=O) groups is 1. The maximum Gasteiger partial charge on any atom is 0.255 e. The van der Waals surface area contributed by atoms with Crippen LogP contribution < -0.4 is 20.5 Å². The molecular weight excluding hydrogens is 336 g/mol. The lowest BCUT2D eigenvalue weighted by Crippen LogP contribution is -2.13. The predicted octanol–water partition coefficient (Wildman–Crippen LogP) is 4.27. The number of hydrogen-bond acceptors (Lipinski definition) is 5. The molecule has 3 aromatic rings. The highest BCUT2D eigenvalue weighted by atomic mass is 32.1. The number of hydrogen-bond donors (Lipinski definition) is 2. The summed E-state index contributed by atoms with van der Waals surface area (Å²) in [5.74, 6) is 0.472. The third-order valence-corrected chi connectivity index (χ3v) is 4.82. The number of amides is 1. The average molecular weight is 354 g/mol. The molecule has 3 N–H and O–H groups in total. The second-order valence-corrected chi connectivity index (χ2v) is 6.35. The van der Waals surface area contributed by atoms with Crippen molar-refractivity contribution in [3.8, 4) is 21.3 Å². The van der Waals surface area contributed by atoms with Crippen molar-refractivity contribution in [3.63, 3.8) is 0 Å². The number of nitrogen functional groups attached to an aromatic ring is 1. The number of thiophene rings is 1. The van der Waals surface area contributed by atoms with Crippen molar-refractivity contribution in [2.45, 2.75) is 0 Å². The lowest BCUT2D eigenvalue weighted by Gasteiger charge is -2.10. The average Bonchev–Trinajstić information content (AvgIpc) is 3.12. The van der Waals surface area contributed by atoms with Crippen LogP contribution in [0.4, 0.5) is 11.4 Å². The molecule has 0 fully saturated rings. The van der Waals surface area contributed by atoms with Crippen LogP contribution in [-0.4, -0.2) is 20.1 Å². The molecule has 0 unspecified atom stereocenters. The number of carbonyl (C=O) groups excluding carboxylic acids is 1. The van der Waals surface area contributed by atoms with Crippen LogP contribution in [0, 0.1) is 0 Å². The van der Waals surface area contributed by atoms with E-state index in [1.54, 1.807) is 44.6 Å². The minimum atomic E-state index is -0.227. The summed E-state index contributed by atoms with van der Waals surface area (Å²) in [7, 11) is 3.22. The monoisotopic (exact) mass is 354 g/mol. The zero-order valence-electron chi connectivity index (χ0n) is 13.9. The van der Waals surface area contributed by atoms with Gasteiger partial charge in [-0.2, -0.15) is 0 Å². The van der Waals surface area contributed by atoms with Gasteiger partial charge in [0.1, 0.15) is 5.75 Å². The van der Waals surface area contributed by atoms with Gasteiger partial charge in [0.05, 0.1) is 25.6 Å². The molecule has 1 heterocycles. The van der Waals surface area contributed by atoms with Crippen LogP contribution in [0.1, 0.15) is 10.4 Å². The Hall–Kier alpha value is -2.99. The van der Waals surface area contributed by atoms with E-state index < -0.39 is 0 Å². The Morgan fingerprint density at radius 2 is 1.76 bits per heavy atom. The first-order chi connectivity index (χ1) is 12.1. The van der Waals surface area contributed by atoms with Crippen molar-refractivity contribution in [2.75, 3.05) is 25.3 Å². The van der Waals surface area contributed by atoms with Gasteiger partial charge in [0.2, 0.25) is 0 Å². The molecule has 6 heteroatoms. The molecule has 0 radical (unpaired) electrons. The molecule has 1 amide bonds. The zero-order valence-corrected chi connectivity index (χ0v) is 14.7. The summed E-state index contributed by atoms with van der Waals surface area (Å²) in [4.78, 5) is 13.5. The van der Waals surface area contributed by atoms with Gasteiger partial charge in [-0.15, -0.1) is 0 Å². The number of anilines is 2. The SMILES string of the molecule is COc1ccc(C(=O)Nc2cc(-c3ccc(OC)s3)ccc2N)cc1. The van der Waals surface area contributed by atoms with Gasteiger partial charge in [-0.05, 0) is 54.1 Å². The highest BCUT2D eigenvalue weighted by molar-refractivity contribution is 7.17. The first-order valence-electron chi connectivity index (χ1n) is 7.60. The topological polar surface area (TPSA) is 73.6 Å². The number of benzene rings is 2. The number of rotatable bonds is 5. The molecule has 0 aliphatic rings. The largest absolute Gasteiger partial charge is 0.497 e. The van der Waals surface area contributed by atoms with Crippen molar-refractivity contribution >= 4 is 28.6 Å². The summed E-state index contributed by atoms with van der Waals surface area (Å²) in [5.41, 5.74) is 8.59. The molecule has 0 saturated heterocycles. The molecule has 0 aliphatic carbocycles. The molecule has 0 aliphatic heterocycles. The quantitative estimate of drug-likeness (QED) is 0.671. The summed E-state index contributed by atoms with van der Waals surface area (Å²) < 4.78 is 10.3. The van der Waals surface area contributed by atoms with Crippen LogP contribution in [0.5, 0.6) is 10.8 Å². The summed E-state index contributed by atoms with van der Waals surface area (Å²) in [5, 5.41) is 3.69. The Balaban J connectivity index is 1.83. The molecule has 0 spiro atoms. The fraction of sp³-hybridized carbons (Fsp3) is 0.105. The van der Waals surface area contributed by atoms with E-state index in [4.69, 9.17) is 15.2 Å². The highest BCUT2D eigenvalue weighted by Crippen LogP contribution is 2.35. The Morgan fingerprint density at radius 3 is 2.40 bits per heavy atom. The van der Waals surface area contributed by atoms with Crippen LogP contribution in [0.15, 0.2) is 54.6 Å². The summed E-state index contributed by atoms with van der Waals surface area (Å²) in [6.45, 7) is 0. The zero-order chi connectivity index (χ0) is 17.8. The van der Waals surface area contributed by atoms with E-state index in [-0.39, 0.29) is 5.91 Å². The van der Waals surface area contributed by atoms with Gasteiger partial charge >= 0.3 is 0 Å². The van der Waals surface area contributed by atoms with Gasteiger partial charge in [-0.1, -0.05) is 17.4 Å². The number of methoxy groups -OCH3 is 2. The van der Waals surface area contributed by atoms with E-state index >= 15 is 0 Å². The van der Waals surface area contributed by atoms with Crippen LogP contribution in [-0.2, 0) is 0 Å². The molecular formula is C19H18N2O3S. The van der Waals surface area contributed by atoms with Gasteiger partial charge in [0.15, 0.2) is 5.06 Å². The van der Waals surface area contributed by atoms with Crippen LogP contribution in [0.25, 0.3) is 10.4 Å². The molecule has 0 saturated carbocycles. The van der Waals surface area contributed by atoms with E-state index in [2.05, 4.69) is 5.32 Å². The van der Waals surface area contributed by atoms with E-state index in [1.807, 2.05) is 24.3 Å².